The number of amides is 1. The van der Waals surface area contributed by atoms with Gasteiger partial charge in [-0.05, 0) is 32.7 Å². The molecule has 78 valence electrons. The highest BCUT2D eigenvalue weighted by Gasteiger charge is 2.26. The van der Waals surface area contributed by atoms with Crippen molar-refractivity contribution >= 4 is 5.91 Å². The van der Waals surface area contributed by atoms with Crippen LogP contribution < -0.4 is 5.32 Å². The van der Waals surface area contributed by atoms with E-state index in [1.807, 2.05) is 4.90 Å². The zero-order valence-electron chi connectivity index (χ0n) is 8.75. The van der Waals surface area contributed by atoms with Gasteiger partial charge in [-0.25, -0.2) is 0 Å². The van der Waals surface area contributed by atoms with E-state index in [1.54, 1.807) is 0 Å². The summed E-state index contributed by atoms with van der Waals surface area (Å²) in [5, 5.41) is 3.25. The van der Waals surface area contributed by atoms with Crippen molar-refractivity contribution < 1.29 is 4.79 Å². The van der Waals surface area contributed by atoms with Crippen LogP contribution in [0, 0.1) is 0 Å². The summed E-state index contributed by atoms with van der Waals surface area (Å²) < 4.78 is 0. The standard InChI is InChI=1S/C11H18N2O/c1-9-4-7-13(8-5-9)11(14)10-3-2-6-12-10/h4,10,12H,2-3,5-8H2,1H3/t10-/m0/s1. The van der Waals surface area contributed by atoms with Gasteiger partial charge >= 0.3 is 0 Å². The normalized spacial score (nSPS) is 27.6. The first-order valence-corrected chi connectivity index (χ1v) is 5.45. The number of hydrogen-bond acceptors (Lipinski definition) is 2. The van der Waals surface area contributed by atoms with E-state index in [0.29, 0.717) is 5.91 Å². The SMILES string of the molecule is CC1=CCN(C(=O)[C@@H]2CCCN2)CC1. The van der Waals surface area contributed by atoms with E-state index in [-0.39, 0.29) is 6.04 Å². The molecular formula is C11H18N2O. The molecule has 1 fully saturated rings. The van der Waals surface area contributed by atoms with E-state index < -0.39 is 0 Å². The minimum Gasteiger partial charge on any atom is -0.337 e. The number of nitrogens with zero attached hydrogens (tertiary/aromatic N) is 1. The molecule has 2 aliphatic heterocycles. The van der Waals surface area contributed by atoms with Crippen LogP contribution in [0.2, 0.25) is 0 Å². The van der Waals surface area contributed by atoms with Crippen molar-refractivity contribution in [2.75, 3.05) is 19.6 Å². The topological polar surface area (TPSA) is 32.3 Å². The van der Waals surface area contributed by atoms with Crippen molar-refractivity contribution in [3.05, 3.63) is 11.6 Å². The van der Waals surface area contributed by atoms with Crippen molar-refractivity contribution in [3.63, 3.8) is 0 Å². The molecular weight excluding hydrogens is 176 g/mol. The fourth-order valence-corrected chi connectivity index (χ4v) is 2.09. The van der Waals surface area contributed by atoms with Gasteiger partial charge in [0.25, 0.3) is 0 Å². The summed E-state index contributed by atoms with van der Waals surface area (Å²) in [7, 11) is 0. The van der Waals surface area contributed by atoms with Gasteiger partial charge in [-0.3, -0.25) is 4.79 Å². The van der Waals surface area contributed by atoms with Gasteiger partial charge < -0.3 is 10.2 Å². The van der Waals surface area contributed by atoms with Crippen molar-refractivity contribution in [3.8, 4) is 0 Å². The number of nitrogens with one attached hydrogen (secondary N) is 1. The lowest BCUT2D eigenvalue weighted by Gasteiger charge is -2.28. The molecule has 3 heteroatoms. The van der Waals surface area contributed by atoms with Gasteiger partial charge in [0.2, 0.25) is 5.91 Å². The lowest BCUT2D eigenvalue weighted by atomic mass is 10.1. The average Bonchev–Trinajstić information content (AvgIpc) is 2.71. The van der Waals surface area contributed by atoms with Crippen LogP contribution in [0.1, 0.15) is 26.2 Å². The third-order valence-electron chi connectivity index (χ3n) is 3.11. The lowest BCUT2D eigenvalue weighted by Crippen LogP contribution is -2.45. The molecule has 0 aliphatic carbocycles. The van der Waals surface area contributed by atoms with Crippen molar-refractivity contribution in [2.45, 2.75) is 32.2 Å². The van der Waals surface area contributed by atoms with E-state index in [4.69, 9.17) is 0 Å². The highest BCUT2D eigenvalue weighted by Crippen LogP contribution is 2.14. The molecule has 2 rings (SSSR count). The predicted molar refractivity (Wildman–Crippen MR) is 56.0 cm³/mol. The van der Waals surface area contributed by atoms with Crippen LogP contribution in [-0.4, -0.2) is 36.5 Å². The summed E-state index contributed by atoms with van der Waals surface area (Å²) in [6.45, 7) is 4.84. The fraction of sp³-hybridized carbons (Fsp3) is 0.727. The van der Waals surface area contributed by atoms with E-state index in [1.165, 1.54) is 5.57 Å². The molecule has 0 spiro atoms. The van der Waals surface area contributed by atoms with Gasteiger partial charge in [0, 0.05) is 13.1 Å². The Balaban J connectivity index is 1.92. The maximum absolute atomic E-state index is 11.9. The maximum atomic E-state index is 11.9. The van der Waals surface area contributed by atoms with Gasteiger partial charge in [-0.2, -0.15) is 0 Å². The third-order valence-corrected chi connectivity index (χ3v) is 3.11. The molecule has 0 aromatic heterocycles. The van der Waals surface area contributed by atoms with Gasteiger partial charge in [0.1, 0.15) is 0 Å². The van der Waals surface area contributed by atoms with Gasteiger partial charge in [-0.15, -0.1) is 0 Å². The number of hydrogen-bond donors (Lipinski definition) is 1. The van der Waals surface area contributed by atoms with Gasteiger partial charge in [0.15, 0.2) is 0 Å². The van der Waals surface area contributed by atoms with Crippen molar-refractivity contribution in [2.24, 2.45) is 0 Å². The second-order valence-corrected chi connectivity index (χ2v) is 4.23. The summed E-state index contributed by atoms with van der Waals surface area (Å²) >= 11 is 0. The molecule has 0 unspecified atom stereocenters. The Kier molecular flexibility index (Phi) is 2.87. The Bertz CT molecular complexity index is 254. The van der Waals surface area contributed by atoms with E-state index in [0.717, 1.165) is 38.9 Å². The van der Waals surface area contributed by atoms with Gasteiger partial charge in [0.05, 0.1) is 6.04 Å². The Morgan fingerprint density at radius 3 is 3.07 bits per heavy atom. The Hall–Kier alpha value is -0.830. The number of carbonyl (C=O) groups excluding carboxylic acids is 1. The largest absolute Gasteiger partial charge is 0.337 e. The van der Waals surface area contributed by atoms with Crippen LogP contribution >= 0.6 is 0 Å². The first-order valence-electron chi connectivity index (χ1n) is 5.45. The first-order chi connectivity index (χ1) is 6.77. The molecule has 2 heterocycles. The predicted octanol–water partition coefficient (Wildman–Crippen LogP) is 0.917. The van der Waals surface area contributed by atoms with Crippen LogP contribution in [0.5, 0.6) is 0 Å². The lowest BCUT2D eigenvalue weighted by molar-refractivity contribution is -0.132. The monoisotopic (exact) mass is 194 g/mol. The van der Waals surface area contributed by atoms with Crippen LogP contribution in [0.25, 0.3) is 0 Å². The zero-order valence-corrected chi connectivity index (χ0v) is 8.75. The molecule has 1 N–H and O–H groups in total. The summed E-state index contributed by atoms with van der Waals surface area (Å²) in [5.41, 5.74) is 1.41. The Morgan fingerprint density at radius 1 is 1.64 bits per heavy atom. The van der Waals surface area contributed by atoms with Crippen LogP contribution in [-0.2, 0) is 4.79 Å². The van der Waals surface area contributed by atoms with E-state index >= 15 is 0 Å². The molecule has 1 amide bonds. The third kappa shape index (κ3) is 1.98. The first kappa shape index (κ1) is 9.71. The summed E-state index contributed by atoms with van der Waals surface area (Å²) in [4.78, 5) is 13.9. The number of carbonyl (C=O) groups is 1. The summed E-state index contributed by atoms with van der Waals surface area (Å²) in [6.07, 6.45) is 5.35. The highest BCUT2D eigenvalue weighted by atomic mass is 16.2. The van der Waals surface area contributed by atoms with Crippen molar-refractivity contribution in [1.29, 1.82) is 0 Å². The second kappa shape index (κ2) is 4.13. The molecule has 0 saturated carbocycles. The Labute approximate surface area is 85.2 Å². The second-order valence-electron chi connectivity index (χ2n) is 4.23. The molecule has 3 nitrogen and oxygen atoms in total. The Morgan fingerprint density at radius 2 is 2.50 bits per heavy atom. The van der Waals surface area contributed by atoms with Crippen molar-refractivity contribution in [1.82, 2.24) is 10.2 Å². The summed E-state index contributed by atoms with van der Waals surface area (Å²) in [6, 6.07) is 0.0989. The minimum absolute atomic E-state index is 0.0989. The van der Waals surface area contributed by atoms with E-state index in [2.05, 4.69) is 18.3 Å². The molecule has 14 heavy (non-hydrogen) atoms. The van der Waals surface area contributed by atoms with Crippen LogP contribution in [0.4, 0.5) is 0 Å². The van der Waals surface area contributed by atoms with Crippen LogP contribution in [0.15, 0.2) is 11.6 Å². The molecule has 1 atom stereocenters. The number of rotatable bonds is 1. The smallest absolute Gasteiger partial charge is 0.239 e. The molecule has 0 aromatic carbocycles. The minimum atomic E-state index is 0.0989. The fourth-order valence-electron chi connectivity index (χ4n) is 2.09. The molecule has 0 aromatic rings. The molecule has 0 bridgehead atoms. The molecule has 2 aliphatic rings. The average molecular weight is 194 g/mol. The van der Waals surface area contributed by atoms with Gasteiger partial charge in [-0.1, -0.05) is 11.6 Å². The molecule has 0 radical (unpaired) electrons. The molecule has 1 saturated heterocycles. The van der Waals surface area contributed by atoms with Crippen LogP contribution in [0.3, 0.4) is 0 Å². The maximum Gasteiger partial charge on any atom is 0.239 e. The zero-order chi connectivity index (χ0) is 9.97. The quantitative estimate of drug-likeness (QED) is 0.629. The van der Waals surface area contributed by atoms with E-state index in [9.17, 15) is 4.79 Å². The summed E-state index contributed by atoms with van der Waals surface area (Å²) in [5.74, 6) is 0.297. The highest BCUT2D eigenvalue weighted by molar-refractivity contribution is 5.82.